The largest absolute Gasteiger partial charge is 0.481 e. The van der Waals surface area contributed by atoms with Crippen LogP contribution in [0.3, 0.4) is 0 Å². The van der Waals surface area contributed by atoms with Gasteiger partial charge in [0.05, 0.1) is 0 Å². The maximum atomic E-state index is 10.5. The molecule has 0 amide bonds. The van der Waals surface area contributed by atoms with Crippen LogP contribution in [0.2, 0.25) is 0 Å². The third kappa shape index (κ3) is 14.4. The minimum absolute atomic E-state index is 0.273. The Morgan fingerprint density at radius 1 is 1.03 bits per heavy atom. The summed E-state index contributed by atoms with van der Waals surface area (Å²) in [6.07, 6.45) is 31.3. The van der Waals surface area contributed by atoms with Crippen LogP contribution in [0, 0.1) is 11.8 Å². The lowest BCUT2D eigenvalue weighted by Gasteiger charge is -2.14. The van der Waals surface area contributed by atoms with Gasteiger partial charge in [-0.2, -0.15) is 0 Å². The molecule has 3 nitrogen and oxygen atoms in total. The van der Waals surface area contributed by atoms with Crippen LogP contribution in [0.1, 0.15) is 110 Å². The van der Waals surface area contributed by atoms with Gasteiger partial charge in [-0.25, -0.2) is 0 Å². The fourth-order valence-corrected chi connectivity index (χ4v) is 4.21. The third-order valence-electron chi connectivity index (χ3n) is 6.05. The maximum Gasteiger partial charge on any atom is 0.303 e. The molecule has 2 aliphatic rings. The van der Waals surface area contributed by atoms with Crippen molar-refractivity contribution >= 4 is 11.8 Å². The van der Waals surface area contributed by atoms with Crippen molar-refractivity contribution in [1.82, 2.24) is 0 Å². The van der Waals surface area contributed by atoms with E-state index < -0.39 is 5.97 Å². The summed E-state index contributed by atoms with van der Waals surface area (Å²) in [5.74, 6) is 1.17. The molecule has 2 rings (SSSR count). The van der Waals surface area contributed by atoms with Gasteiger partial charge in [0, 0.05) is 12.8 Å². The minimum Gasteiger partial charge on any atom is -0.481 e. The molecule has 3 heteroatoms. The summed E-state index contributed by atoms with van der Waals surface area (Å²) in [4.78, 5) is 20.6. The number of rotatable bonds is 14. The second-order valence-corrected chi connectivity index (χ2v) is 8.74. The standard InChI is InChI=1S/C22H38O2.C5H6O/c1-2-3-4-5-6-7-8-11-15-20-17-14-18-21(20)16-12-9-10-13-19-22(23)24;6-5-3-1-2-4-5/h9,11-12,15,20-21H,2-8,10,13-14,16-19H2,1H3,(H,23,24);1,3H,2,4H2/b12-9-,15-11+;/t20-,21-;/m0./s1. The smallest absolute Gasteiger partial charge is 0.303 e. The van der Waals surface area contributed by atoms with Gasteiger partial charge in [-0.05, 0) is 69.3 Å². The monoisotopic (exact) mass is 416 g/mol. The number of aliphatic carboxylic acids is 1. The summed E-state index contributed by atoms with van der Waals surface area (Å²) in [6.45, 7) is 2.27. The summed E-state index contributed by atoms with van der Waals surface area (Å²) in [6, 6.07) is 0. The second kappa shape index (κ2) is 18.2. The van der Waals surface area contributed by atoms with Gasteiger partial charge in [0.2, 0.25) is 0 Å². The summed E-state index contributed by atoms with van der Waals surface area (Å²) in [5, 5.41) is 8.62. The molecule has 1 N–H and O–H groups in total. The average Bonchev–Trinajstić information content (AvgIpc) is 3.38. The van der Waals surface area contributed by atoms with Crippen LogP contribution in [0.5, 0.6) is 0 Å². The van der Waals surface area contributed by atoms with Gasteiger partial charge in [0.25, 0.3) is 0 Å². The molecule has 170 valence electrons. The highest BCUT2D eigenvalue weighted by atomic mass is 16.4. The zero-order valence-corrected chi connectivity index (χ0v) is 19.2. The lowest BCUT2D eigenvalue weighted by atomic mass is 9.92. The van der Waals surface area contributed by atoms with Crippen molar-refractivity contribution in [1.29, 1.82) is 0 Å². The fourth-order valence-electron chi connectivity index (χ4n) is 4.21. The van der Waals surface area contributed by atoms with E-state index in [-0.39, 0.29) is 12.2 Å². The summed E-state index contributed by atoms with van der Waals surface area (Å²) in [7, 11) is 0. The van der Waals surface area contributed by atoms with E-state index in [0.717, 1.165) is 37.5 Å². The van der Waals surface area contributed by atoms with Crippen LogP contribution in [-0.4, -0.2) is 16.9 Å². The molecule has 0 saturated heterocycles. The molecule has 0 heterocycles. The number of unbranched alkanes of at least 4 members (excludes halogenated alkanes) is 7. The van der Waals surface area contributed by atoms with E-state index in [9.17, 15) is 9.59 Å². The van der Waals surface area contributed by atoms with Crippen LogP contribution >= 0.6 is 0 Å². The Labute approximate surface area is 184 Å². The van der Waals surface area contributed by atoms with Gasteiger partial charge in [-0.15, -0.1) is 0 Å². The Bertz CT molecular complexity index is 544. The molecule has 0 aliphatic heterocycles. The Hall–Kier alpha value is -1.64. The highest BCUT2D eigenvalue weighted by Gasteiger charge is 2.23. The van der Waals surface area contributed by atoms with Crippen molar-refractivity contribution in [2.24, 2.45) is 11.8 Å². The van der Waals surface area contributed by atoms with Gasteiger partial charge in [-0.3, -0.25) is 9.59 Å². The van der Waals surface area contributed by atoms with Crippen LogP contribution in [0.15, 0.2) is 36.5 Å². The van der Waals surface area contributed by atoms with E-state index >= 15 is 0 Å². The minimum atomic E-state index is -0.685. The Kier molecular flexibility index (Phi) is 16.0. The maximum absolute atomic E-state index is 10.5. The van der Waals surface area contributed by atoms with Crippen molar-refractivity contribution in [2.45, 2.75) is 110 Å². The van der Waals surface area contributed by atoms with E-state index in [1.54, 1.807) is 6.08 Å². The topological polar surface area (TPSA) is 54.4 Å². The number of carboxylic acids is 1. The summed E-state index contributed by atoms with van der Waals surface area (Å²) in [5.41, 5.74) is 0. The summed E-state index contributed by atoms with van der Waals surface area (Å²) >= 11 is 0. The first-order chi connectivity index (χ1) is 14.6. The average molecular weight is 417 g/mol. The summed E-state index contributed by atoms with van der Waals surface area (Å²) < 4.78 is 0. The molecule has 0 aromatic heterocycles. The Balaban J connectivity index is 0.000000637. The van der Waals surface area contributed by atoms with Crippen LogP contribution in [0.4, 0.5) is 0 Å². The molecule has 0 unspecified atom stereocenters. The van der Waals surface area contributed by atoms with Crippen LogP contribution in [0.25, 0.3) is 0 Å². The first kappa shape index (κ1) is 26.4. The van der Waals surface area contributed by atoms with E-state index in [1.807, 2.05) is 6.08 Å². The third-order valence-corrected chi connectivity index (χ3v) is 6.05. The number of hydrogen-bond acceptors (Lipinski definition) is 2. The van der Waals surface area contributed by atoms with Crippen molar-refractivity contribution in [2.75, 3.05) is 0 Å². The molecule has 30 heavy (non-hydrogen) atoms. The van der Waals surface area contributed by atoms with Crippen molar-refractivity contribution < 1.29 is 14.7 Å². The van der Waals surface area contributed by atoms with Crippen LogP contribution in [-0.2, 0) is 9.59 Å². The molecule has 2 aliphatic carbocycles. The van der Waals surface area contributed by atoms with E-state index in [0.29, 0.717) is 0 Å². The van der Waals surface area contributed by atoms with Crippen molar-refractivity contribution in [3.8, 4) is 0 Å². The molecule has 0 aromatic rings. The molecular weight excluding hydrogens is 372 g/mol. The van der Waals surface area contributed by atoms with E-state index in [1.165, 1.54) is 70.6 Å². The molecule has 1 saturated carbocycles. The number of allylic oxidation sites excluding steroid dienone is 6. The molecule has 0 radical (unpaired) electrons. The highest BCUT2D eigenvalue weighted by molar-refractivity contribution is 5.91. The fraction of sp³-hybridized carbons (Fsp3) is 0.704. The predicted molar refractivity (Wildman–Crippen MR) is 127 cm³/mol. The molecule has 0 spiro atoms. The lowest BCUT2D eigenvalue weighted by Crippen LogP contribution is -2.03. The molecule has 0 bridgehead atoms. The molecule has 0 aromatic carbocycles. The van der Waals surface area contributed by atoms with Gasteiger partial charge in [-0.1, -0.05) is 75.8 Å². The van der Waals surface area contributed by atoms with E-state index in [2.05, 4.69) is 31.2 Å². The number of carbonyl (C=O) groups is 2. The SMILES string of the molecule is CCCCCCCC/C=C/[C@H]1CCC[C@@H]1C/C=C\CCCC(=O)O.O=C1C=CCC1. The number of carbonyl (C=O) groups excluding carboxylic acids is 1. The molecule has 1 fully saturated rings. The number of ketones is 1. The number of hydrogen-bond donors (Lipinski definition) is 1. The number of carboxylic acid groups (broad SMARTS) is 1. The zero-order chi connectivity index (χ0) is 21.9. The first-order valence-corrected chi connectivity index (χ1v) is 12.4. The van der Waals surface area contributed by atoms with Crippen LogP contribution < -0.4 is 0 Å². The van der Waals surface area contributed by atoms with Gasteiger partial charge < -0.3 is 5.11 Å². The first-order valence-electron chi connectivity index (χ1n) is 12.4. The second-order valence-electron chi connectivity index (χ2n) is 8.74. The van der Waals surface area contributed by atoms with Crippen molar-refractivity contribution in [3.05, 3.63) is 36.5 Å². The lowest BCUT2D eigenvalue weighted by molar-refractivity contribution is -0.137. The quantitative estimate of drug-likeness (QED) is 0.232. The molecular formula is C27H44O3. The zero-order valence-electron chi connectivity index (χ0n) is 19.2. The van der Waals surface area contributed by atoms with Gasteiger partial charge in [0.1, 0.15) is 0 Å². The van der Waals surface area contributed by atoms with Crippen molar-refractivity contribution in [3.63, 3.8) is 0 Å². The van der Waals surface area contributed by atoms with E-state index in [4.69, 9.17) is 5.11 Å². The Morgan fingerprint density at radius 2 is 1.80 bits per heavy atom. The van der Waals surface area contributed by atoms with Gasteiger partial charge >= 0.3 is 5.97 Å². The van der Waals surface area contributed by atoms with Gasteiger partial charge in [0.15, 0.2) is 5.78 Å². The predicted octanol–water partition coefficient (Wildman–Crippen LogP) is 7.82. The Morgan fingerprint density at radius 3 is 2.47 bits per heavy atom. The highest BCUT2D eigenvalue weighted by Crippen LogP contribution is 2.35. The normalized spacial score (nSPS) is 20.9. The molecule has 2 atom stereocenters.